The summed E-state index contributed by atoms with van der Waals surface area (Å²) >= 11 is 0. The highest BCUT2D eigenvalue weighted by molar-refractivity contribution is 5.94. The van der Waals surface area contributed by atoms with Crippen LogP contribution in [0, 0.1) is 5.82 Å². The van der Waals surface area contributed by atoms with Crippen LogP contribution < -0.4 is 10.2 Å². The molecule has 1 fully saturated rings. The maximum absolute atomic E-state index is 13.3. The summed E-state index contributed by atoms with van der Waals surface area (Å²) in [5.74, 6) is -2.37. The molecule has 2 aromatic carbocycles. The van der Waals surface area contributed by atoms with Gasteiger partial charge in [-0.2, -0.15) is 13.2 Å². The van der Waals surface area contributed by atoms with Gasteiger partial charge in [-0.1, -0.05) is 18.2 Å². The SMILES string of the molecule is O=C(NCCC(=O)N1CCN(c2ccccc2)CC1)c1ccc(F)c(C(F)(F)F)c1. The normalized spacial score (nSPS) is 14.5. The molecule has 1 aliphatic rings. The van der Waals surface area contributed by atoms with Crippen molar-refractivity contribution in [2.24, 2.45) is 0 Å². The van der Waals surface area contributed by atoms with Gasteiger partial charge in [-0.25, -0.2) is 4.39 Å². The molecule has 1 saturated heterocycles. The number of rotatable bonds is 5. The maximum Gasteiger partial charge on any atom is 0.419 e. The van der Waals surface area contributed by atoms with E-state index in [9.17, 15) is 27.2 Å². The van der Waals surface area contributed by atoms with Gasteiger partial charge in [-0.15, -0.1) is 0 Å². The van der Waals surface area contributed by atoms with E-state index in [-0.39, 0.29) is 24.4 Å². The lowest BCUT2D eigenvalue weighted by atomic mass is 10.1. The van der Waals surface area contributed by atoms with Gasteiger partial charge in [0.15, 0.2) is 0 Å². The predicted octanol–water partition coefficient (Wildman–Crippen LogP) is 3.31. The summed E-state index contributed by atoms with van der Waals surface area (Å²) in [6.07, 6.45) is -4.86. The molecule has 2 amide bonds. The van der Waals surface area contributed by atoms with Crippen molar-refractivity contribution in [2.45, 2.75) is 12.6 Å². The van der Waals surface area contributed by atoms with Gasteiger partial charge in [0.25, 0.3) is 5.91 Å². The van der Waals surface area contributed by atoms with E-state index < -0.39 is 23.5 Å². The Morgan fingerprint density at radius 2 is 1.63 bits per heavy atom. The third-order valence-electron chi connectivity index (χ3n) is 4.91. The maximum atomic E-state index is 13.3. The van der Waals surface area contributed by atoms with Crippen LogP contribution in [0.15, 0.2) is 48.5 Å². The molecule has 1 aliphatic heterocycles. The van der Waals surface area contributed by atoms with Crippen molar-refractivity contribution in [2.75, 3.05) is 37.6 Å². The van der Waals surface area contributed by atoms with Crippen LogP contribution in [0.3, 0.4) is 0 Å². The Bertz CT molecular complexity index is 895. The first-order valence-corrected chi connectivity index (χ1v) is 9.48. The monoisotopic (exact) mass is 423 g/mol. The number of hydrogen-bond acceptors (Lipinski definition) is 3. The van der Waals surface area contributed by atoms with E-state index in [1.165, 1.54) is 0 Å². The zero-order valence-electron chi connectivity index (χ0n) is 16.1. The summed E-state index contributed by atoms with van der Waals surface area (Å²) in [5.41, 5.74) is -0.718. The van der Waals surface area contributed by atoms with Crippen molar-refractivity contribution in [3.05, 3.63) is 65.5 Å². The molecule has 1 heterocycles. The van der Waals surface area contributed by atoms with Gasteiger partial charge in [0.05, 0.1) is 5.56 Å². The Hall–Kier alpha value is -3.10. The summed E-state index contributed by atoms with van der Waals surface area (Å²) in [5, 5.41) is 2.42. The Morgan fingerprint density at radius 1 is 0.967 bits per heavy atom. The van der Waals surface area contributed by atoms with Gasteiger partial charge in [-0.3, -0.25) is 9.59 Å². The van der Waals surface area contributed by atoms with E-state index >= 15 is 0 Å². The summed E-state index contributed by atoms with van der Waals surface area (Å²) in [6.45, 7) is 2.47. The average molecular weight is 423 g/mol. The lowest BCUT2D eigenvalue weighted by molar-refractivity contribution is -0.140. The predicted molar refractivity (Wildman–Crippen MR) is 104 cm³/mol. The number of hydrogen-bond donors (Lipinski definition) is 1. The minimum atomic E-state index is -4.89. The number of alkyl halides is 3. The van der Waals surface area contributed by atoms with Crippen LogP contribution in [0.25, 0.3) is 0 Å². The number of benzene rings is 2. The number of nitrogens with one attached hydrogen (secondary N) is 1. The molecular weight excluding hydrogens is 402 g/mol. The van der Waals surface area contributed by atoms with Crippen molar-refractivity contribution in [1.82, 2.24) is 10.2 Å². The molecule has 5 nitrogen and oxygen atoms in total. The number of anilines is 1. The summed E-state index contributed by atoms with van der Waals surface area (Å²) < 4.78 is 51.6. The van der Waals surface area contributed by atoms with Crippen molar-refractivity contribution in [3.63, 3.8) is 0 Å². The smallest absolute Gasteiger partial charge is 0.368 e. The second-order valence-electron chi connectivity index (χ2n) is 6.90. The molecule has 0 atom stereocenters. The van der Waals surface area contributed by atoms with Crippen LogP contribution in [0.4, 0.5) is 23.2 Å². The number of carbonyl (C=O) groups excluding carboxylic acids is 2. The molecule has 0 saturated carbocycles. The standard InChI is InChI=1S/C21H21F4N3O2/c22-18-7-6-15(14-17(18)21(23,24)25)20(30)26-9-8-19(29)28-12-10-27(11-13-28)16-4-2-1-3-5-16/h1-7,14H,8-13H2,(H,26,30). The van der Waals surface area contributed by atoms with Gasteiger partial charge in [0.2, 0.25) is 5.91 Å². The number of carbonyl (C=O) groups is 2. The average Bonchev–Trinajstić information content (AvgIpc) is 2.74. The van der Waals surface area contributed by atoms with Gasteiger partial charge >= 0.3 is 6.18 Å². The molecule has 0 aliphatic carbocycles. The van der Waals surface area contributed by atoms with Crippen LogP contribution in [0.5, 0.6) is 0 Å². The fourth-order valence-corrected chi connectivity index (χ4v) is 3.28. The Kier molecular flexibility index (Phi) is 6.59. The van der Waals surface area contributed by atoms with Gasteiger partial charge < -0.3 is 15.1 Å². The topological polar surface area (TPSA) is 52.7 Å². The number of para-hydroxylation sites is 1. The second-order valence-corrected chi connectivity index (χ2v) is 6.90. The highest BCUT2D eigenvalue weighted by Crippen LogP contribution is 2.31. The zero-order chi connectivity index (χ0) is 21.7. The molecule has 1 N–H and O–H groups in total. The summed E-state index contributed by atoms with van der Waals surface area (Å²) in [7, 11) is 0. The Morgan fingerprint density at radius 3 is 2.27 bits per heavy atom. The highest BCUT2D eigenvalue weighted by atomic mass is 19.4. The van der Waals surface area contributed by atoms with Gasteiger partial charge in [0, 0.05) is 50.4 Å². The Balaban J connectivity index is 1.46. The summed E-state index contributed by atoms with van der Waals surface area (Å²) in [6, 6.07) is 11.9. The first-order chi connectivity index (χ1) is 14.3. The van der Waals surface area contributed by atoms with Crippen LogP contribution in [0.2, 0.25) is 0 Å². The third kappa shape index (κ3) is 5.28. The lowest BCUT2D eigenvalue weighted by Gasteiger charge is -2.36. The number of piperazine rings is 1. The fourth-order valence-electron chi connectivity index (χ4n) is 3.28. The highest BCUT2D eigenvalue weighted by Gasteiger charge is 2.34. The van der Waals surface area contributed by atoms with Crippen molar-refractivity contribution in [1.29, 1.82) is 0 Å². The number of amides is 2. The molecule has 2 aromatic rings. The fraction of sp³-hybridized carbons (Fsp3) is 0.333. The molecule has 3 rings (SSSR count). The zero-order valence-corrected chi connectivity index (χ0v) is 16.1. The molecule has 0 unspecified atom stereocenters. The molecule has 0 radical (unpaired) electrons. The van der Waals surface area contributed by atoms with E-state index in [0.29, 0.717) is 38.3 Å². The molecule has 0 spiro atoms. The van der Waals surface area contributed by atoms with Crippen LogP contribution in [-0.4, -0.2) is 49.4 Å². The molecular formula is C21H21F4N3O2. The van der Waals surface area contributed by atoms with Crippen LogP contribution in [0.1, 0.15) is 22.3 Å². The third-order valence-corrected chi connectivity index (χ3v) is 4.91. The quantitative estimate of drug-likeness (QED) is 0.751. The second kappa shape index (κ2) is 9.15. The van der Waals surface area contributed by atoms with Crippen molar-refractivity contribution >= 4 is 17.5 Å². The lowest BCUT2D eigenvalue weighted by Crippen LogP contribution is -2.49. The van der Waals surface area contributed by atoms with Crippen LogP contribution in [-0.2, 0) is 11.0 Å². The first-order valence-electron chi connectivity index (χ1n) is 9.48. The van der Waals surface area contributed by atoms with E-state index in [2.05, 4.69) is 10.2 Å². The van der Waals surface area contributed by atoms with E-state index in [1.807, 2.05) is 30.3 Å². The molecule has 9 heteroatoms. The van der Waals surface area contributed by atoms with E-state index in [4.69, 9.17) is 0 Å². The van der Waals surface area contributed by atoms with Gasteiger partial charge in [-0.05, 0) is 30.3 Å². The van der Waals surface area contributed by atoms with E-state index in [0.717, 1.165) is 11.8 Å². The minimum Gasteiger partial charge on any atom is -0.368 e. The summed E-state index contributed by atoms with van der Waals surface area (Å²) in [4.78, 5) is 28.3. The van der Waals surface area contributed by atoms with Crippen molar-refractivity contribution in [3.8, 4) is 0 Å². The molecule has 160 valence electrons. The van der Waals surface area contributed by atoms with E-state index in [1.54, 1.807) is 4.90 Å². The van der Waals surface area contributed by atoms with Crippen LogP contribution >= 0.6 is 0 Å². The first kappa shape index (κ1) is 21.6. The number of nitrogens with zero attached hydrogens (tertiary/aromatic N) is 2. The number of halogens is 4. The largest absolute Gasteiger partial charge is 0.419 e. The van der Waals surface area contributed by atoms with Gasteiger partial charge in [0.1, 0.15) is 5.82 Å². The Labute approximate surface area is 171 Å². The van der Waals surface area contributed by atoms with Crippen molar-refractivity contribution < 1.29 is 27.2 Å². The molecule has 30 heavy (non-hydrogen) atoms. The minimum absolute atomic E-state index is 0.0186. The molecule has 0 aromatic heterocycles. The molecule has 0 bridgehead atoms.